The number of carbonyl (C=O) groups excluding carboxylic acids is 4. The molecular formula is C25H40N4O5. The first-order valence-corrected chi connectivity index (χ1v) is 11.6. The molecule has 0 heterocycles. The normalized spacial score (nSPS) is 12.9. The second kappa shape index (κ2) is 13.1. The van der Waals surface area contributed by atoms with Gasteiger partial charge in [0.1, 0.15) is 11.5 Å². The van der Waals surface area contributed by atoms with Crippen molar-refractivity contribution in [2.45, 2.75) is 59.1 Å². The van der Waals surface area contributed by atoms with Crippen LogP contribution in [0.1, 0.15) is 46.6 Å². The van der Waals surface area contributed by atoms with Crippen LogP contribution in [-0.2, 0) is 25.5 Å². The van der Waals surface area contributed by atoms with E-state index in [4.69, 9.17) is 10.5 Å². The minimum absolute atomic E-state index is 0.136. The molecule has 0 aliphatic heterocycles. The standard InChI is InChI=1S/C25H40N4O5/c1-8-20(30)29(15-14-19-12-10-9-11-13-19)23(32)21(18(2)26)22(31)27(6)16-17-28(7)24(33)34-25(3,4)5/h9-13,18,21H,8,14-17,26H2,1-7H3/t18-,21-/m1/s1. The van der Waals surface area contributed by atoms with E-state index in [1.54, 1.807) is 48.7 Å². The summed E-state index contributed by atoms with van der Waals surface area (Å²) in [6, 6.07) is 8.71. The van der Waals surface area contributed by atoms with Crippen molar-refractivity contribution in [3.63, 3.8) is 0 Å². The van der Waals surface area contributed by atoms with Gasteiger partial charge in [-0.05, 0) is 39.7 Å². The van der Waals surface area contributed by atoms with Crippen LogP contribution < -0.4 is 5.73 Å². The number of likely N-dealkylation sites (N-methyl/N-ethyl adjacent to an activating group) is 2. The van der Waals surface area contributed by atoms with Gasteiger partial charge >= 0.3 is 6.09 Å². The minimum Gasteiger partial charge on any atom is -0.444 e. The van der Waals surface area contributed by atoms with Gasteiger partial charge in [0.2, 0.25) is 17.7 Å². The van der Waals surface area contributed by atoms with E-state index in [-0.39, 0.29) is 32.0 Å². The molecule has 0 aliphatic carbocycles. The van der Waals surface area contributed by atoms with Crippen molar-refractivity contribution < 1.29 is 23.9 Å². The van der Waals surface area contributed by atoms with Crippen LogP contribution >= 0.6 is 0 Å². The van der Waals surface area contributed by atoms with E-state index in [0.717, 1.165) is 10.5 Å². The van der Waals surface area contributed by atoms with Crippen molar-refractivity contribution in [1.29, 1.82) is 0 Å². The number of nitrogens with two attached hydrogens (primary N) is 1. The zero-order chi connectivity index (χ0) is 26.1. The smallest absolute Gasteiger partial charge is 0.410 e. The molecule has 9 heteroatoms. The molecule has 0 aliphatic rings. The summed E-state index contributed by atoms with van der Waals surface area (Å²) in [5, 5.41) is 0. The van der Waals surface area contributed by atoms with Crippen molar-refractivity contribution in [2.24, 2.45) is 11.7 Å². The first-order chi connectivity index (χ1) is 15.8. The maximum Gasteiger partial charge on any atom is 0.410 e. The van der Waals surface area contributed by atoms with E-state index in [9.17, 15) is 19.2 Å². The number of benzene rings is 1. The van der Waals surface area contributed by atoms with Crippen LogP contribution in [0.2, 0.25) is 0 Å². The summed E-state index contributed by atoms with van der Waals surface area (Å²) < 4.78 is 5.31. The Bertz CT molecular complexity index is 835. The Morgan fingerprint density at radius 3 is 2.00 bits per heavy atom. The number of nitrogens with zero attached hydrogens (tertiary/aromatic N) is 3. The number of ether oxygens (including phenoxy) is 1. The number of hydrogen-bond acceptors (Lipinski definition) is 6. The molecular weight excluding hydrogens is 436 g/mol. The highest BCUT2D eigenvalue weighted by Crippen LogP contribution is 2.14. The lowest BCUT2D eigenvalue weighted by Crippen LogP contribution is -2.53. The molecule has 1 aromatic rings. The van der Waals surface area contributed by atoms with E-state index in [1.165, 1.54) is 9.80 Å². The summed E-state index contributed by atoms with van der Waals surface area (Å²) in [6.07, 6.45) is 0.111. The summed E-state index contributed by atoms with van der Waals surface area (Å²) in [7, 11) is 3.12. The molecule has 9 nitrogen and oxygen atoms in total. The third-order valence-corrected chi connectivity index (χ3v) is 5.25. The Balaban J connectivity index is 2.90. The molecule has 1 aromatic carbocycles. The van der Waals surface area contributed by atoms with E-state index in [1.807, 2.05) is 30.3 Å². The molecule has 1 rings (SSSR count). The molecule has 0 bridgehead atoms. The average Bonchev–Trinajstić information content (AvgIpc) is 2.76. The van der Waals surface area contributed by atoms with Crippen LogP contribution in [-0.4, -0.2) is 83.9 Å². The van der Waals surface area contributed by atoms with Crippen molar-refractivity contribution in [2.75, 3.05) is 33.7 Å². The summed E-state index contributed by atoms with van der Waals surface area (Å²) >= 11 is 0. The third-order valence-electron chi connectivity index (χ3n) is 5.25. The Kier molecular flexibility index (Phi) is 11.2. The van der Waals surface area contributed by atoms with Gasteiger partial charge < -0.3 is 20.3 Å². The van der Waals surface area contributed by atoms with Crippen LogP contribution in [0.4, 0.5) is 4.79 Å². The highest BCUT2D eigenvalue weighted by atomic mass is 16.6. The third kappa shape index (κ3) is 9.13. The Morgan fingerprint density at radius 1 is 0.941 bits per heavy atom. The molecule has 0 unspecified atom stereocenters. The van der Waals surface area contributed by atoms with Crippen molar-refractivity contribution in [1.82, 2.24) is 14.7 Å². The van der Waals surface area contributed by atoms with Crippen LogP contribution in [0, 0.1) is 5.92 Å². The van der Waals surface area contributed by atoms with Gasteiger partial charge in [-0.3, -0.25) is 19.3 Å². The predicted molar refractivity (Wildman–Crippen MR) is 131 cm³/mol. The highest BCUT2D eigenvalue weighted by Gasteiger charge is 2.37. The van der Waals surface area contributed by atoms with Crippen molar-refractivity contribution in [3.05, 3.63) is 35.9 Å². The summed E-state index contributed by atoms with van der Waals surface area (Å²) in [5.41, 5.74) is 6.40. The zero-order valence-corrected chi connectivity index (χ0v) is 21.5. The summed E-state index contributed by atoms with van der Waals surface area (Å²) in [4.78, 5) is 55.1. The molecule has 2 atom stereocenters. The zero-order valence-electron chi connectivity index (χ0n) is 21.5. The molecule has 2 N–H and O–H groups in total. The van der Waals surface area contributed by atoms with E-state index in [2.05, 4.69) is 0 Å². The van der Waals surface area contributed by atoms with Gasteiger partial charge in [0.15, 0.2) is 0 Å². The van der Waals surface area contributed by atoms with Crippen molar-refractivity contribution in [3.8, 4) is 0 Å². The maximum absolute atomic E-state index is 13.3. The van der Waals surface area contributed by atoms with Crippen LogP contribution in [0.25, 0.3) is 0 Å². The lowest BCUT2D eigenvalue weighted by Gasteiger charge is -2.31. The topological polar surface area (TPSA) is 113 Å². The lowest BCUT2D eigenvalue weighted by molar-refractivity contribution is -0.152. The van der Waals surface area contributed by atoms with Gasteiger partial charge in [-0.1, -0.05) is 37.3 Å². The minimum atomic E-state index is -1.21. The fourth-order valence-corrected chi connectivity index (χ4v) is 3.24. The lowest BCUT2D eigenvalue weighted by atomic mass is 9.97. The van der Waals surface area contributed by atoms with Gasteiger partial charge in [-0.15, -0.1) is 0 Å². The molecule has 0 spiro atoms. The largest absolute Gasteiger partial charge is 0.444 e. The molecule has 190 valence electrons. The SMILES string of the molecule is CCC(=O)N(CCc1ccccc1)C(=O)[C@@H](C(=O)N(C)CCN(C)C(=O)OC(C)(C)C)[C@@H](C)N. The van der Waals surface area contributed by atoms with Crippen molar-refractivity contribution >= 4 is 23.8 Å². The first kappa shape index (κ1) is 29.1. The number of rotatable bonds is 10. The number of carbonyl (C=O) groups is 4. The van der Waals surface area contributed by atoms with Crippen LogP contribution in [0.5, 0.6) is 0 Å². The quantitative estimate of drug-likeness (QED) is 0.519. The van der Waals surface area contributed by atoms with Gasteiger partial charge in [0.25, 0.3) is 0 Å². The van der Waals surface area contributed by atoms with Crippen LogP contribution in [0.3, 0.4) is 0 Å². The summed E-state index contributed by atoms with van der Waals surface area (Å²) in [6.45, 7) is 9.12. The maximum atomic E-state index is 13.3. The Hall–Kier alpha value is -2.94. The van der Waals surface area contributed by atoms with Gasteiger partial charge in [0.05, 0.1) is 0 Å². The monoisotopic (exact) mass is 476 g/mol. The predicted octanol–water partition coefficient (Wildman–Crippen LogP) is 2.28. The molecule has 0 aromatic heterocycles. The van der Waals surface area contributed by atoms with Crippen LogP contribution in [0.15, 0.2) is 30.3 Å². The molecule has 0 radical (unpaired) electrons. The number of imide groups is 1. The number of amides is 4. The fourth-order valence-electron chi connectivity index (χ4n) is 3.24. The molecule has 4 amide bonds. The molecule has 0 saturated heterocycles. The second-order valence-electron chi connectivity index (χ2n) is 9.47. The van der Waals surface area contributed by atoms with Gasteiger partial charge in [0, 0.05) is 46.2 Å². The second-order valence-corrected chi connectivity index (χ2v) is 9.47. The van der Waals surface area contributed by atoms with E-state index >= 15 is 0 Å². The highest BCUT2D eigenvalue weighted by molar-refractivity contribution is 6.07. The molecule has 34 heavy (non-hydrogen) atoms. The van der Waals surface area contributed by atoms with E-state index < -0.39 is 35.5 Å². The van der Waals surface area contributed by atoms with E-state index in [0.29, 0.717) is 6.42 Å². The fraction of sp³-hybridized carbons (Fsp3) is 0.600. The molecule has 0 saturated carbocycles. The van der Waals surface area contributed by atoms with Gasteiger partial charge in [-0.25, -0.2) is 4.79 Å². The first-order valence-electron chi connectivity index (χ1n) is 11.6. The number of hydrogen-bond donors (Lipinski definition) is 1. The Morgan fingerprint density at radius 2 is 1.50 bits per heavy atom. The average molecular weight is 477 g/mol. The molecule has 0 fully saturated rings. The summed E-state index contributed by atoms with van der Waals surface area (Å²) in [5.74, 6) is -2.66. The Labute approximate surface area is 203 Å². The van der Waals surface area contributed by atoms with Gasteiger partial charge in [-0.2, -0.15) is 0 Å².